The Kier molecular flexibility index (Phi) is 4.38. The van der Waals surface area contributed by atoms with Crippen molar-refractivity contribution in [3.05, 3.63) is 17.5 Å². The Hall–Kier alpha value is -1.61. The molecule has 0 saturated heterocycles. The number of thioether (sulfide) groups is 1. The standard InChI is InChI=1S/C10H13N5O2S2/c1-3-17-8(16)6-4-12-15(2)7(6)5-18-10-14-13-9(11)19-10/h4H,3,5H2,1-2H3,(H2,11,13). The summed E-state index contributed by atoms with van der Waals surface area (Å²) in [6.45, 7) is 2.11. The fraction of sp³-hybridized carbons (Fsp3) is 0.400. The van der Waals surface area contributed by atoms with Gasteiger partial charge < -0.3 is 10.5 Å². The van der Waals surface area contributed by atoms with Crippen molar-refractivity contribution in [3.8, 4) is 0 Å². The second kappa shape index (κ2) is 6.02. The first kappa shape index (κ1) is 13.8. The zero-order valence-corrected chi connectivity index (χ0v) is 12.1. The summed E-state index contributed by atoms with van der Waals surface area (Å²) < 4.78 is 7.41. The molecule has 19 heavy (non-hydrogen) atoms. The van der Waals surface area contributed by atoms with E-state index in [2.05, 4.69) is 15.3 Å². The number of nitrogens with two attached hydrogens (primary N) is 1. The minimum Gasteiger partial charge on any atom is -0.462 e. The molecule has 9 heteroatoms. The molecule has 7 nitrogen and oxygen atoms in total. The quantitative estimate of drug-likeness (QED) is 0.657. The van der Waals surface area contributed by atoms with Crippen LogP contribution in [0.5, 0.6) is 0 Å². The highest BCUT2D eigenvalue weighted by Crippen LogP contribution is 2.27. The minimum absolute atomic E-state index is 0.341. The Morgan fingerprint density at radius 1 is 1.58 bits per heavy atom. The number of aromatic nitrogens is 4. The van der Waals surface area contributed by atoms with Crippen LogP contribution in [-0.4, -0.2) is 32.6 Å². The molecule has 2 N–H and O–H groups in total. The Labute approximate surface area is 118 Å². The molecule has 0 aliphatic rings. The number of ether oxygens (including phenoxy) is 1. The highest BCUT2D eigenvalue weighted by atomic mass is 32.2. The van der Waals surface area contributed by atoms with E-state index in [0.29, 0.717) is 23.1 Å². The number of nitrogens with zero attached hydrogens (tertiary/aromatic N) is 4. The molecule has 0 fully saturated rings. The predicted molar refractivity (Wildman–Crippen MR) is 73.0 cm³/mol. The number of carbonyl (C=O) groups excluding carboxylic acids is 1. The van der Waals surface area contributed by atoms with E-state index in [0.717, 1.165) is 10.0 Å². The molecule has 0 spiro atoms. The Morgan fingerprint density at radius 3 is 3.00 bits per heavy atom. The van der Waals surface area contributed by atoms with Crippen LogP contribution in [0, 0.1) is 0 Å². The van der Waals surface area contributed by atoms with E-state index in [4.69, 9.17) is 10.5 Å². The highest BCUT2D eigenvalue weighted by Gasteiger charge is 2.17. The van der Waals surface area contributed by atoms with Crippen molar-refractivity contribution in [1.29, 1.82) is 0 Å². The van der Waals surface area contributed by atoms with Gasteiger partial charge >= 0.3 is 5.97 Å². The van der Waals surface area contributed by atoms with Gasteiger partial charge in [-0.15, -0.1) is 10.2 Å². The number of aryl methyl sites for hydroxylation is 1. The molecular weight excluding hydrogens is 286 g/mol. The predicted octanol–water partition coefficient (Wildman–Crippen LogP) is 1.32. The molecule has 0 bridgehead atoms. The van der Waals surface area contributed by atoms with Crippen LogP contribution in [0.2, 0.25) is 0 Å². The number of hydrogen-bond acceptors (Lipinski definition) is 8. The normalized spacial score (nSPS) is 10.6. The van der Waals surface area contributed by atoms with Gasteiger partial charge in [-0.25, -0.2) is 4.79 Å². The number of rotatable bonds is 5. The van der Waals surface area contributed by atoms with E-state index in [1.165, 1.54) is 29.3 Å². The van der Waals surface area contributed by atoms with Gasteiger partial charge in [0.05, 0.1) is 18.5 Å². The topological polar surface area (TPSA) is 95.9 Å². The van der Waals surface area contributed by atoms with Crippen LogP contribution in [-0.2, 0) is 17.5 Å². The summed E-state index contributed by atoms with van der Waals surface area (Å²) in [5.74, 6) is 0.196. The number of carbonyl (C=O) groups is 1. The van der Waals surface area contributed by atoms with Gasteiger partial charge in [0.2, 0.25) is 5.13 Å². The molecule has 0 aromatic carbocycles. The third kappa shape index (κ3) is 3.24. The largest absolute Gasteiger partial charge is 0.462 e. The van der Waals surface area contributed by atoms with Crippen molar-refractivity contribution in [2.24, 2.45) is 7.05 Å². The zero-order valence-electron chi connectivity index (χ0n) is 10.5. The molecule has 0 radical (unpaired) electrons. The lowest BCUT2D eigenvalue weighted by Gasteiger charge is -2.04. The highest BCUT2D eigenvalue weighted by molar-refractivity contribution is 8.00. The van der Waals surface area contributed by atoms with Crippen LogP contribution < -0.4 is 5.73 Å². The van der Waals surface area contributed by atoms with Gasteiger partial charge in [-0.1, -0.05) is 23.1 Å². The van der Waals surface area contributed by atoms with Crippen LogP contribution in [0.4, 0.5) is 5.13 Å². The van der Waals surface area contributed by atoms with E-state index in [9.17, 15) is 4.79 Å². The summed E-state index contributed by atoms with van der Waals surface area (Å²) in [5.41, 5.74) is 6.79. The number of nitrogen functional groups attached to an aromatic ring is 1. The molecule has 0 unspecified atom stereocenters. The van der Waals surface area contributed by atoms with E-state index < -0.39 is 0 Å². The number of esters is 1. The molecule has 0 aliphatic carbocycles. The fourth-order valence-corrected chi connectivity index (χ4v) is 3.13. The van der Waals surface area contributed by atoms with Crippen LogP contribution in [0.15, 0.2) is 10.5 Å². The van der Waals surface area contributed by atoms with Crippen LogP contribution in [0.3, 0.4) is 0 Å². The van der Waals surface area contributed by atoms with Crippen molar-refractivity contribution in [2.45, 2.75) is 17.0 Å². The van der Waals surface area contributed by atoms with Crippen molar-refractivity contribution in [2.75, 3.05) is 12.3 Å². The van der Waals surface area contributed by atoms with Gasteiger partial charge in [0.1, 0.15) is 5.56 Å². The SMILES string of the molecule is CCOC(=O)c1cnn(C)c1CSc1nnc(N)s1. The molecule has 2 aromatic rings. The van der Waals surface area contributed by atoms with E-state index >= 15 is 0 Å². The molecule has 0 aliphatic heterocycles. The van der Waals surface area contributed by atoms with E-state index in [-0.39, 0.29) is 5.97 Å². The lowest BCUT2D eigenvalue weighted by atomic mass is 10.3. The van der Waals surface area contributed by atoms with Crippen LogP contribution >= 0.6 is 23.1 Å². The maximum atomic E-state index is 11.8. The average molecular weight is 299 g/mol. The van der Waals surface area contributed by atoms with Crippen LogP contribution in [0.25, 0.3) is 0 Å². The third-order valence-electron chi connectivity index (χ3n) is 2.31. The number of anilines is 1. The second-order valence-electron chi connectivity index (χ2n) is 3.54. The van der Waals surface area contributed by atoms with Gasteiger partial charge in [-0.3, -0.25) is 4.68 Å². The van der Waals surface area contributed by atoms with Gasteiger partial charge in [0, 0.05) is 12.8 Å². The van der Waals surface area contributed by atoms with Crippen molar-refractivity contribution < 1.29 is 9.53 Å². The summed E-state index contributed by atoms with van der Waals surface area (Å²) in [6.07, 6.45) is 1.52. The Balaban J connectivity index is 2.11. The molecule has 0 saturated carbocycles. The molecular formula is C10H13N5O2S2. The smallest absolute Gasteiger partial charge is 0.341 e. The van der Waals surface area contributed by atoms with Crippen molar-refractivity contribution >= 4 is 34.2 Å². The van der Waals surface area contributed by atoms with Crippen molar-refractivity contribution in [1.82, 2.24) is 20.0 Å². The van der Waals surface area contributed by atoms with Gasteiger partial charge in [-0.2, -0.15) is 5.10 Å². The first-order valence-electron chi connectivity index (χ1n) is 5.51. The second-order valence-corrected chi connectivity index (χ2v) is 5.78. The maximum absolute atomic E-state index is 11.8. The minimum atomic E-state index is -0.358. The molecule has 102 valence electrons. The fourth-order valence-electron chi connectivity index (χ4n) is 1.42. The van der Waals surface area contributed by atoms with Gasteiger partial charge in [0.25, 0.3) is 0 Å². The summed E-state index contributed by atoms with van der Waals surface area (Å²) in [4.78, 5) is 11.8. The summed E-state index contributed by atoms with van der Waals surface area (Å²) in [7, 11) is 1.78. The lowest BCUT2D eigenvalue weighted by Crippen LogP contribution is -2.08. The number of hydrogen-bond donors (Lipinski definition) is 1. The van der Waals surface area contributed by atoms with E-state index in [1.807, 2.05) is 0 Å². The van der Waals surface area contributed by atoms with E-state index in [1.54, 1.807) is 18.7 Å². The molecule has 2 heterocycles. The molecule has 0 amide bonds. The first-order valence-corrected chi connectivity index (χ1v) is 7.31. The average Bonchev–Trinajstić information content (AvgIpc) is 2.94. The van der Waals surface area contributed by atoms with Gasteiger partial charge in [0.15, 0.2) is 4.34 Å². The molecule has 0 atom stereocenters. The Morgan fingerprint density at radius 2 is 2.37 bits per heavy atom. The third-order valence-corrected chi connectivity index (χ3v) is 4.21. The Bertz CT molecular complexity index is 580. The summed E-state index contributed by atoms with van der Waals surface area (Å²) in [6, 6.07) is 0. The summed E-state index contributed by atoms with van der Waals surface area (Å²) >= 11 is 2.77. The summed E-state index contributed by atoms with van der Waals surface area (Å²) in [5, 5.41) is 12.2. The lowest BCUT2D eigenvalue weighted by molar-refractivity contribution is 0.0525. The van der Waals surface area contributed by atoms with Crippen LogP contribution in [0.1, 0.15) is 23.0 Å². The zero-order chi connectivity index (χ0) is 13.8. The van der Waals surface area contributed by atoms with Gasteiger partial charge in [-0.05, 0) is 6.92 Å². The molecule has 2 rings (SSSR count). The van der Waals surface area contributed by atoms with Crippen molar-refractivity contribution in [3.63, 3.8) is 0 Å². The molecule has 2 aromatic heterocycles. The first-order chi connectivity index (χ1) is 9.11. The maximum Gasteiger partial charge on any atom is 0.341 e. The monoisotopic (exact) mass is 299 g/mol.